The first-order valence-corrected chi connectivity index (χ1v) is 12.5. The number of benzene rings is 2. The van der Waals surface area contributed by atoms with Crippen LogP contribution in [-0.2, 0) is 10.0 Å². The smallest absolute Gasteiger partial charge is 0.339 e. The molecule has 1 aliphatic rings. The Morgan fingerprint density at radius 2 is 1.76 bits per heavy atom. The van der Waals surface area contributed by atoms with E-state index >= 15 is 0 Å². The number of aromatic nitrogens is 1. The van der Waals surface area contributed by atoms with Gasteiger partial charge in [-0.3, -0.25) is 4.72 Å². The van der Waals surface area contributed by atoms with Crippen molar-refractivity contribution in [3.05, 3.63) is 88.6 Å². The average Bonchev–Trinajstić information content (AvgIpc) is 2.79. The number of hydrogen-bond acceptors (Lipinski definition) is 5. The van der Waals surface area contributed by atoms with Crippen molar-refractivity contribution in [3.63, 3.8) is 0 Å². The van der Waals surface area contributed by atoms with Crippen molar-refractivity contribution >= 4 is 33.1 Å². The van der Waals surface area contributed by atoms with Gasteiger partial charge in [-0.1, -0.05) is 36.4 Å². The van der Waals surface area contributed by atoms with E-state index < -0.39 is 16.0 Å². The van der Waals surface area contributed by atoms with Crippen molar-refractivity contribution in [1.29, 1.82) is 0 Å². The second-order valence-corrected chi connectivity index (χ2v) is 10.3. The van der Waals surface area contributed by atoms with Crippen LogP contribution in [0.1, 0.15) is 39.0 Å². The number of aromatic carboxylic acids is 1. The summed E-state index contributed by atoms with van der Waals surface area (Å²) in [5.41, 5.74) is 5.33. The molecule has 0 unspecified atom stereocenters. The minimum Gasteiger partial charge on any atom is -0.478 e. The number of sulfonamides is 1. The maximum absolute atomic E-state index is 12.9. The Bertz CT molecular complexity index is 1380. The Hall–Kier alpha value is -3.65. The SMILES string of the molecule is Cc1cc(C)cc(S(=O)(=O)Nc2cnc(N3CC=C(c4ccccc4C)CC3)c(C(=O)O)c2)c1. The summed E-state index contributed by atoms with van der Waals surface area (Å²) in [5.74, 6) is -0.842. The van der Waals surface area contributed by atoms with Crippen LogP contribution in [0.25, 0.3) is 5.57 Å². The Morgan fingerprint density at radius 3 is 2.38 bits per heavy atom. The minimum atomic E-state index is -3.89. The van der Waals surface area contributed by atoms with Crippen molar-refractivity contribution < 1.29 is 18.3 Å². The Labute approximate surface area is 199 Å². The number of pyridine rings is 1. The molecule has 2 aromatic carbocycles. The molecule has 3 aromatic rings. The molecule has 2 N–H and O–H groups in total. The van der Waals surface area contributed by atoms with Gasteiger partial charge < -0.3 is 10.0 Å². The van der Waals surface area contributed by atoms with Crippen molar-refractivity contribution in [2.45, 2.75) is 32.1 Å². The number of nitrogens with one attached hydrogen (secondary N) is 1. The van der Waals surface area contributed by atoms with Gasteiger partial charge >= 0.3 is 5.97 Å². The van der Waals surface area contributed by atoms with Gasteiger partial charge in [0.25, 0.3) is 10.0 Å². The highest BCUT2D eigenvalue weighted by Crippen LogP contribution is 2.30. The van der Waals surface area contributed by atoms with Gasteiger partial charge in [-0.25, -0.2) is 18.2 Å². The van der Waals surface area contributed by atoms with Gasteiger partial charge in [-0.2, -0.15) is 0 Å². The largest absolute Gasteiger partial charge is 0.478 e. The molecular formula is C26H27N3O4S. The van der Waals surface area contributed by atoms with Crippen LogP contribution in [0, 0.1) is 20.8 Å². The molecule has 0 aliphatic carbocycles. The van der Waals surface area contributed by atoms with Crippen LogP contribution in [0.15, 0.2) is 65.7 Å². The number of aryl methyl sites for hydroxylation is 3. The summed E-state index contributed by atoms with van der Waals surface area (Å²) in [4.78, 5) is 18.4. The second kappa shape index (κ2) is 9.30. The molecular weight excluding hydrogens is 450 g/mol. The molecule has 1 aliphatic heterocycles. The first-order chi connectivity index (χ1) is 16.1. The highest BCUT2D eigenvalue weighted by Gasteiger charge is 2.23. The van der Waals surface area contributed by atoms with Crippen molar-refractivity contribution in [3.8, 4) is 0 Å². The monoisotopic (exact) mass is 477 g/mol. The second-order valence-electron chi connectivity index (χ2n) is 8.57. The van der Waals surface area contributed by atoms with Crippen LogP contribution >= 0.6 is 0 Å². The molecule has 0 saturated carbocycles. The first kappa shape index (κ1) is 23.5. The third-order valence-electron chi connectivity index (χ3n) is 5.85. The van der Waals surface area contributed by atoms with Gasteiger partial charge in [0.05, 0.1) is 16.8 Å². The van der Waals surface area contributed by atoms with Crippen LogP contribution in [0.3, 0.4) is 0 Å². The molecule has 1 aromatic heterocycles. The summed E-state index contributed by atoms with van der Waals surface area (Å²) in [6, 6.07) is 14.5. The fraction of sp³-hybridized carbons (Fsp3) is 0.231. The fourth-order valence-corrected chi connectivity index (χ4v) is 5.49. The molecule has 176 valence electrons. The third kappa shape index (κ3) is 4.97. The number of carbonyl (C=O) groups is 1. The van der Waals surface area contributed by atoms with Crippen molar-refractivity contribution in [2.75, 3.05) is 22.7 Å². The molecule has 2 heterocycles. The predicted molar refractivity (Wildman–Crippen MR) is 134 cm³/mol. The normalized spacial score (nSPS) is 14.0. The van der Waals surface area contributed by atoms with Gasteiger partial charge in [0.1, 0.15) is 11.4 Å². The molecule has 0 fully saturated rings. The number of hydrogen-bond donors (Lipinski definition) is 2. The molecule has 4 rings (SSSR count). The van der Waals surface area contributed by atoms with E-state index in [1.807, 2.05) is 36.9 Å². The number of rotatable bonds is 6. The molecule has 0 spiro atoms. The van der Waals surface area contributed by atoms with Gasteiger partial charge in [0.15, 0.2) is 0 Å². The molecule has 7 nitrogen and oxygen atoms in total. The minimum absolute atomic E-state index is 0.0478. The summed E-state index contributed by atoms with van der Waals surface area (Å²) >= 11 is 0. The lowest BCUT2D eigenvalue weighted by molar-refractivity contribution is 0.0697. The lowest BCUT2D eigenvalue weighted by Gasteiger charge is -2.29. The Morgan fingerprint density at radius 1 is 1.06 bits per heavy atom. The summed E-state index contributed by atoms with van der Waals surface area (Å²) < 4.78 is 28.2. The van der Waals surface area contributed by atoms with Gasteiger partial charge in [0, 0.05) is 13.1 Å². The van der Waals surface area contributed by atoms with E-state index in [1.165, 1.54) is 29.0 Å². The van der Waals surface area contributed by atoms with Crippen LogP contribution in [0.2, 0.25) is 0 Å². The van der Waals surface area contributed by atoms with E-state index in [9.17, 15) is 18.3 Å². The molecule has 0 radical (unpaired) electrons. The van der Waals surface area contributed by atoms with Gasteiger partial charge in [-0.15, -0.1) is 0 Å². The zero-order chi connectivity index (χ0) is 24.5. The van der Waals surface area contributed by atoms with E-state index in [2.05, 4.69) is 34.8 Å². The quantitative estimate of drug-likeness (QED) is 0.529. The van der Waals surface area contributed by atoms with Gasteiger partial charge in [0.2, 0.25) is 0 Å². The van der Waals surface area contributed by atoms with E-state index in [1.54, 1.807) is 12.1 Å². The van der Waals surface area contributed by atoms with E-state index in [0.717, 1.165) is 17.5 Å². The highest BCUT2D eigenvalue weighted by molar-refractivity contribution is 7.92. The molecule has 0 atom stereocenters. The standard InChI is InChI=1S/C26H27N3O4S/c1-17-12-18(2)14-22(13-17)34(32,33)28-21-15-24(26(30)31)25(27-16-21)29-10-8-20(9-11-29)23-7-5-4-6-19(23)3/h4-8,12-16,28H,9-11H2,1-3H3,(H,30,31). The number of carboxylic acid groups (broad SMARTS) is 1. The lowest BCUT2D eigenvalue weighted by atomic mass is 9.95. The van der Waals surface area contributed by atoms with Gasteiger partial charge in [-0.05, 0) is 73.2 Å². The third-order valence-corrected chi connectivity index (χ3v) is 7.22. The topological polar surface area (TPSA) is 99.6 Å². The number of anilines is 2. The summed E-state index contributed by atoms with van der Waals surface area (Å²) in [5, 5.41) is 9.82. The zero-order valence-electron chi connectivity index (χ0n) is 19.4. The molecule has 0 amide bonds. The average molecular weight is 478 g/mol. The van der Waals surface area contributed by atoms with Crippen molar-refractivity contribution in [2.24, 2.45) is 0 Å². The molecule has 34 heavy (non-hydrogen) atoms. The maximum atomic E-state index is 12.9. The Balaban J connectivity index is 1.59. The lowest BCUT2D eigenvalue weighted by Crippen LogP contribution is -2.31. The molecule has 0 bridgehead atoms. The van der Waals surface area contributed by atoms with Crippen LogP contribution in [0.4, 0.5) is 11.5 Å². The van der Waals surface area contributed by atoms with E-state index in [-0.39, 0.29) is 16.1 Å². The maximum Gasteiger partial charge on any atom is 0.339 e. The predicted octanol–water partition coefficient (Wildman–Crippen LogP) is 4.80. The Kier molecular flexibility index (Phi) is 6.43. The van der Waals surface area contributed by atoms with E-state index in [0.29, 0.717) is 18.9 Å². The zero-order valence-corrected chi connectivity index (χ0v) is 20.2. The number of nitrogens with zero attached hydrogens (tertiary/aromatic N) is 2. The van der Waals surface area contributed by atoms with Crippen LogP contribution < -0.4 is 9.62 Å². The van der Waals surface area contributed by atoms with Crippen LogP contribution in [0.5, 0.6) is 0 Å². The summed E-state index contributed by atoms with van der Waals surface area (Å²) in [6.45, 7) is 6.85. The van der Waals surface area contributed by atoms with E-state index in [4.69, 9.17) is 0 Å². The fourth-order valence-electron chi connectivity index (χ4n) is 4.26. The molecule has 8 heteroatoms. The highest BCUT2D eigenvalue weighted by atomic mass is 32.2. The first-order valence-electron chi connectivity index (χ1n) is 11.0. The molecule has 0 saturated heterocycles. The van der Waals surface area contributed by atoms with Crippen LogP contribution in [-0.4, -0.2) is 37.6 Å². The number of carboxylic acids is 1. The summed E-state index contributed by atoms with van der Waals surface area (Å²) in [7, 11) is -3.89. The summed E-state index contributed by atoms with van der Waals surface area (Å²) in [6.07, 6.45) is 4.21. The van der Waals surface area contributed by atoms with Crippen molar-refractivity contribution in [1.82, 2.24) is 4.98 Å².